The third-order valence-corrected chi connectivity index (χ3v) is 7.02. The first kappa shape index (κ1) is 30.5. The van der Waals surface area contributed by atoms with Crippen molar-refractivity contribution in [2.24, 2.45) is 0 Å². The Kier molecular flexibility index (Phi) is 9.78. The number of hydrogen-bond acceptors (Lipinski definition) is 4. The Morgan fingerprint density at radius 2 is 1.67 bits per heavy atom. The lowest BCUT2D eigenvalue weighted by Crippen LogP contribution is -2.17. The molecule has 1 heterocycles. The number of para-hydroxylation sites is 1. The SMILES string of the molecule is CCCc1cc(C(=O)Nc2cccc(OCc3ccc(C(=O)OCC)cc3)c2)c(C)n1-c1ccccc1C(F)(F)CC. The van der Waals surface area contributed by atoms with Gasteiger partial charge in [-0.25, -0.2) is 13.6 Å². The van der Waals surface area contributed by atoms with E-state index in [2.05, 4.69) is 5.32 Å². The highest BCUT2D eigenvalue weighted by molar-refractivity contribution is 6.05. The second kappa shape index (κ2) is 13.5. The quantitative estimate of drug-likeness (QED) is 0.173. The first-order chi connectivity index (χ1) is 20.2. The van der Waals surface area contributed by atoms with Gasteiger partial charge in [0.2, 0.25) is 0 Å². The molecule has 0 saturated carbocycles. The number of rotatable bonds is 12. The summed E-state index contributed by atoms with van der Waals surface area (Å²) >= 11 is 0. The maximum Gasteiger partial charge on any atom is 0.338 e. The lowest BCUT2D eigenvalue weighted by atomic mass is 10.0. The molecule has 6 nitrogen and oxygen atoms in total. The van der Waals surface area contributed by atoms with Crippen LogP contribution in [0.5, 0.6) is 5.75 Å². The molecule has 4 rings (SSSR count). The van der Waals surface area contributed by atoms with E-state index < -0.39 is 5.92 Å². The van der Waals surface area contributed by atoms with E-state index in [1.807, 2.05) is 6.92 Å². The Hall–Kier alpha value is -4.46. The van der Waals surface area contributed by atoms with Crippen LogP contribution in [-0.4, -0.2) is 23.1 Å². The number of nitrogens with zero attached hydrogens (tertiary/aromatic N) is 1. The minimum absolute atomic E-state index is 0.0594. The molecule has 0 bridgehead atoms. The standard InChI is InChI=1S/C34H36F2N2O4/c1-5-11-27-21-29(23(4)38(27)31-15-9-8-14-30(31)34(35,36)6-2)32(39)37-26-12-10-13-28(20-26)42-22-24-16-18-25(19-17-24)33(40)41-7-3/h8-10,12-21H,5-7,11,22H2,1-4H3,(H,37,39). The van der Waals surface area contributed by atoms with Crippen molar-refractivity contribution in [2.45, 2.75) is 59.5 Å². The number of benzene rings is 3. The van der Waals surface area contributed by atoms with Crippen LogP contribution in [0.1, 0.15) is 76.8 Å². The predicted octanol–water partition coefficient (Wildman–Crippen LogP) is 8.25. The molecule has 1 aromatic heterocycles. The number of ether oxygens (including phenoxy) is 2. The monoisotopic (exact) mass is 574 g/mol. The van der Waals surface area contributed by atoms with Crippen molar-refractivity contribution in [2.75, 3.05) is 11.9 Å². The van der Waals surface area contributed by atoms with Crippen LogP contribution in [0.4, 0.5) is 14.5 Å². The molecule has 8 heteroatoms. The van der Waals surface area contributed by atoms with E-state index in [1.54, 1.807) is 91.2 Å². The van der Waals surface area contributed by atoms with Crippen LogP contribution in [0.25, 0.3) is 5.69 Å². The molecule has 0 saturated heterocycles. The Labute approximate surface area is 245 Å². The van der Waals surface area contributed by atoms with E-state index >= 15 is 0 Å². The smallest absolute Gasteiger partial charge is 0.338 e. The summed E-state index contributed by atoms with van der Waals surface area (Å²) in [6, 6.07) is 22.3. The summed E-state index contributed by atoms with van der Waals surface area (Å²) in [5.41, 5.74) is 4.01. The van der Waals surface area contributed by atoms with Gasteiger partial charge in [-0.15, -0.1) is 0 Å². The average Bonchev–Trinajstić information content (AvgIpc) is 3.32. The zero-order chi connectivity index (χ0) is 30.3. The summed E-state index contributed by atoms with van der Waals surface area (Å²) < 4.78 is 42.5. The van der Waals surface area contributed by atoms with Crippen LogP contribution in [0.2, 0.25) is 0 Å². The molecule has 1 N–H and O–H groups in total. The van der Waals surface area contributed by atoms with E-state index in [0.717, 1.165) is 17.7 Å². The molecule has 0 radical (unpaired) electrons. The molecule has 0 unspecified atom stereocenters. The number of carbonyl (C=O) groups excluding carboxylic acids is 2. The number of hydrogen-bond donors (Lipinski definition) is 1. The number of nitrogens with one attached hydrogen (secondary N) is 1. The van der Waals surface area contributed by atoms with Gasteiger partial charge in [0.05, 0.1) is 23.4 Å². The van der Waals surface area contributed by atoms with Gasteiger partial charge in [0, 0.05) is 35.1 Å². The van der Waals surface area contributed by atoms with Crippen molar-refractivity contribution >= 4 is 17.6 Å². The van der Waals surface area contributed by atoms with Gasteiger partial charge in [0.15, 0.2) is 0 Å². The Balaban J connectivity index is 1.53. The fraction of sp³-hybridized carbons (Fsp3) is 0.294. The van der Waals surface area contributed by atoms with Gasteiger partial charge in [-0.3, -0.25) is 4.79 Å². The number of anilines is 1. The Morgan fingerprint density at radius 3 is 2.36 bits per heavy atom. The minimum atomic E-state index is -3.00. The maximum absolute atomic E-state index is 14.9. The summed E-state index contributed by atoms with van der Waals surface area (Å²) in [4.78, 5) is 25.3. The molecule has 220 valence electrons. The molecule has 42 heavy (non-hydrogen) atoms. The van der Waals surface area contributed by atoms with Gasteiger partial charge in [-0.2, -0.15) is 0 Å². The summed E-state index contributed by atoms with van der Waals surface area (Å²) in [5.74, 6) is -3.15. The highest BCUT2D eigenvalue weighted by atomic mass is 19.3. The highest BCUT2D eigenvalue weighted by Crippen LogP contribution is 2.37. The normalized spacial score (nSPS) is 11.3. The van der Waals surface area contributed by atoms with Gasteiger partial charge in [0.1, 0.15) is 12.4 Å². The lowest BCUT2D eigenvalue weighted by Gasteiger charge is -2.21. The topological polar surface area (TPSA) is 69.6 Å². The first-order valence-corrected chi connectivity index (χ1v) is 14.2. The van der Waals surface area contributed by atoms with Crippen LogP contribution in [0.15, 0.2) is 78.9 Å². The molecule has 4 aromatic rings. The van der Waals surface area contributed by atoms with Gasteiger partial charge in [-0.05, 0) is 62.2 Å². The van der Waals surface area contributed by atoms with Crippen molar-refractivity contribution in [3.05, 3.63) is 113 Å². The zero-order valence-corrected chi connectivity index (χ0v) is 24.4. The van der Waals surface area contributed by atoms with Crippen LogP contribution in [-0.2, 0) is 23.7 Å². The highest BCUT2D eigenvalue weighted by Gasteiger charge is 2.33. The second-order valence-corrected chi connectivity index (χ2v) is 9.98. The summed E-state index contributed by atoms with van der Waals surface area (Å²) in [6.07, 6.45) is 1.10. The molecule has 0 atom stereocenters. The van der Waals surface area contributed by atoms with E-state index in [-0.39, 0.29) is 30.5 Å². The van der Waals surface area contributed by atoms with Crippen LogP contribution >= 0.6 is 0 Å². The zero-order valence-electron chi connectivity index (χ0n) is 24.4. The molecule has 0 spiro atoms. The number of aromatic nitrogens is 1. The van der Waals surface area contributed by atoms with Crippen molar-refractivity contribution in [3.8, 4) is 11.4 Å². The van der Waals surface area contributed by atoms with E-state index in [1.165, 1.54) is 13.0 Å². The first-order valence-electron chi connectivity index (χ1n) is 14.2. The molecular formula is C34H36F2N2O4. The van der Waals surface area contributed by atoms with Gasteiger partial charge >= 0.3 is 5.97 Å². The van der Waals surface area contributed by atoms with Gasteiger partial charge < -0.3 is 19.4 Å². The van der Waals surface area contributed by atoms with Crippen molar-refractivity contribution in [1.29, 1.82) is 0 Å². The second-order valence-electron chi connectivity index (χ2n) is 9.98. The Bertz CT molecular complexity index is 1540. The van der Waals surface area contributed by atoms with E-state index in [4.69, 9.17) is 9.47 Å². The molecule has 0 aliphatic heterocycles. The fourth-order valence-electron chi connectivity index (χ4n) is 4.83. The lowest BCUT2D eigenvalue weighted by molar-refractivity contribution is -0.00830. The number of esters is 1. The van der Waals surface area contributed by atoms with E-state index in [9.17, 15) is 18.4 Å². The Morgan fingerprint density at radius 1 is 0.929 bits per heavy atom. The van der Waals surface area contributed by atoms with Crippen molar-refractivity contribution in [1.82, 2.24) is 4.57 Å². The molecule has 0 fully saturated rings. The van der Waals surface area contributed by atoms with Gasteiger partial charge in [-0.1, -0.05) is 56.7 Å². The van der Waals surface area contributed by atoms with E-state index in [0.29, 0.717) is 47.0 Å². The number of halogens is 2. The third-order valence-electron chi connectivity index (χ3n) is 7.02. The number of amides is 1. The number of carbonyl (C=O) groups is 2. The fourth-order valence-corrected chi connectivity index (χ4v) is 4.83. The van der Waals surface area contributed by atoms with Gasteiger partial charge in [0.25, 0.3) is 11.8 Å². The average molecular weight is 575 g/mol. The summed E-state index contributed by atoms with van der Waals surface area (Å²) in [5, 5.41) is 2.93. The van der Waals surface area contributed by atoms with Crippen LogP contribution in [0.3, 0.4) is 0 Å². The maximum atomic E-state index is 14.9. The largest absolute Gasteiger partial charge is 0.489 e. The molecule has 3 aromatic carbocycles. The predicted molar refractivity (Wildman–Crippen MR) is 160 cm³/mol. The number of aryl methyl sites for hydroxylation is 1. The third kappa shape index (κ3) is 6.87. The van der Waals surface area contributed by atoms with Crippen LogP contribution in [0, 0.1) is 6.92 Å². The summed E-state index contributed by atoms with van der Waals surface area (Å²) in [7, 11) is 0. The molecular weight excluding hydrogens is 538 g/mol. The summed E-state index contributed by atoms with van der Waals surface area (Å²) in [6.45, 7) is 7.60. The number of alkyl halides is 2. The molecule has 0 aliphatic rings. The van der Waals surface area contributed by atoms with Crippen LogP contribution < -0.4 is 10.1 Å². The molecule has 1 amide bonds. The molecule has 0 aliphatic carbocycles. The van der Waals surface area contributed by atoms with Crippen molar-refractivity contribution in [3.63, 3.8) is 0 Å². The van der Waals surface area contributed by atoms with Crippen molar-refractivity contribution < 1.29 is 27.8 Å². The minimum Gasteiger partial charge on any atom is -0.489 e.